The highest BCUT2D eigenvalue weighted by Gasteiger charge is 2.29. The molecule has 0 unspecified atom stereocenters. The van der Waals surface area contributed by atoms with Gasteiger partial charge in [-0.1, -0.05) is 25.5 Å². The Morgan fingerprint density at radius 2 is 1.89 bits per heavy atom. The van der Waals surface area contributed by atoms with Crippen molar-refractivity contribution in [2.45, 2.75) is 33.6 Å². The molecule has 1 aromatic carbocycles. The molecule has 0 N–H and O–H groups in total. The summed E-state index contributed by atoms with van der Waals surface area (Å²) in [6.45, 7) is 7.73. The van der Waals surface area contributed by atoms with Crippen LogP contribution < -0.4 is 0 Å². The van der Waals surface area contributed by atoms with Crippen molar-refractivity contribution < 1.29 is 9.18 Å². The van der Waals surface area contributed by atoms with E-state index in [-0.39, 0.29) is 11.5 Å². The van der Waals surface area contributed by atoms with Crippen LogP contribution in [0.1, 0.15) is 42.6 Å². The smallest absolute Gasteiger partial charge is 0.256 e. The van der Waals surface area contributed by atoms with Crippen molar-refractivity contribution in [1.82, 2.24) is 4.90 Å². The molecular formula is C15H20FNO. The first-order valence-electron chi connectivity index (χ1n) is 6.44. The quantitative estimate of drug-likeness (QED) is 0.747. The van der Waals surface area contributed by atoms with Gasteiger partial charge in [-0.2, -0.15) is 0 Å². The van der Waals surface area contributed by atoms with E-state index in [2.05, 4.69) is 13.8 Å². The number of hydrogen-bond acceptors (Lipinski definition) is 1. The predicted octanol–water partition coefficient (Wildman–Crippen LogP) is 3.40. The average molecular weight is 249 g/mol. The molecule has 1 aliphatic heterocycles. The molecule has 2 rings (SSSR count). The van der Waals surface area contributed by atoms with Gasteiger partial charge in [-0.05, 0) is 37.3 Å². The molecule has 1 aliphatic rings. The summed E-state index contributed by atoms with van der Waals surface area (Å²) in [4.78, 5) is 14.0. The van der Waals surface area contributed by atoms with Crippen LogP contribution in [-0.4, -0.2) is 23.9 Å². The number of amides is 1. The molecule has 0 atom stereocenters. The summed E-state index contributed by atoms with van der Waals surface area (Å²) in [5.41, 5.74) is 1.41. The molecular weight excluding hydrogens is 229 g/mol. The monoisotopic (exact) mass is 249 g/mol. The summed E-state index contributed by atoms with van der Waals surface area (Å²) in [6, 6.07) is 4.69. The Morgan fingerprint density at radius 1 is 1.28 bits per heavy atom. The van der Waals surface area contributed by atoms with Crippen molar-refractivity contribution >= 4 is 5.91 Å². The van der Waals surface area contributed by atoms with Gasteiger partial charge in [0.1, 0.15) is 5.82 Å². The van der Waals surface area contributed by atoms with Gasteiger partial charge in [-0.3, -0.25) is 4.79 Å². The van der Waals surface area contributed by atoms with Crippen molar-refractivity contribution in [3.05, 3.63) is 35.1 Å². The number of nitrogens with zero attached hydrogens (tertiary/aromatic N) is 1. The van der Waals surface area contributed by atoms with Gasteiger partial charge in [-0.25, -0.2) is 4.39 Å². The number of likely N-dealkylation sites (tertiary alicyclic amines) is 1. The van der Waals surface area contributed by atoms with Crippen LogP contribution in [0.3, 0.4) is 0 Å². The fourth-order valence-corrected chi connectivity index (χ4v) is 2.29. The van der Waals surface area contributed by atoms with E-state index in [9.17, 15) is 9.18 Å². The molecule has 1 saturated heterocycles. The third kappa shape index (κ3) is 2.71. The maximum absolute atomic E-state index is 13.7. The van der Waals surface area contributed by atoms with Crippen LogP contribution >= 0.6 is 0 Å². The fraction of sp³-hybridized carbons (Fsp3) is 0.533. The zero-order valence-electron chi connectivity index (χ0n) is 11.3. The summed E-state index contributed by atoms with van der Waals surface area (Å²) < 4.78 is 13.7. The summed E-state index contributed by atoms with van der Waals surface area (Å²) in [7, 11) is 0. The van der Waals surface area contributed by atoms with Gasteiger partial charge in [0.25, 0.3) is 5.91 Å². The minimum absolute atomic E-state index is 0.174. The van der Waals surface area contributed by atoms with Gasteiger partial charge in [0.2, 0.25) is 0 Å². The summed E-state index contributed by atoms with van der Waals surface area (Å²) in [5, 5.41) is 0. The van der Waals surface area contributed by atoms with Crippen LogP contribution in [0.25, 0.3) is 0 Å². The highest BCUT2D eigenvalue weighted by Crippen LogP contribution is 2.30. The lowest BCUT2D eigenvalue weighted by atomic mass is 9.82. The van der Waals surface area contributed by atoms with Gasteiger partial charge >= 0.3 is 0 Å². The summed E-state index contributed by atoms with van der Waals surface area (Å²) in [5.74, 6) is -0.595. The number of aryl methyl sites for hydroxylation is 1. The number of halogens is 1. The normalized spacial score (nSPS) is 18.8. The lowest BCUT2D eigenvalue weighted by Gasteiger charge is -2.37. The number of rotatable bonds is 1. The van der Waals surface area contributed by atoms with E-state index in [1.807, 2.05) is 6.92 Å². The molecule has 0 spiro atoms. The molecule has 0 radical (unpaired) electrons. The molecule has 1 aromatic rings. The minimum Gasteiger partial charge on any atom is -0.339 e. The third-order valence-corrected chi connectivity index (χ3v) is 3.76. The van der Waals surface area contributed by atoms with E-state index in [1.165, 1.54) is 6.07 Å². The third-order valence-electron chi connectivity index (χ3n) is 3.76. The Morgan fingerprint density at radius 3 is 2.50 bits per heavy atom. The maximum Gasteiger partial charge on any atom is 0.256 e. The molecule has 1 heterocycles. The second-order valence-electron chi connectivity index (χ2n) is 5.94. The van der Waals surface area contributed by atoms with Crippen LogP contribution in [0.15, 0.2) is 18.2 Å². The van der Waals surface area contributed by atoms with E-state index >= 15 is 0 Å². The lowest BCUT2D eigenvalue weighted by Crippen LogP contribution is -2.41. The SMILES string of the molecule is Cc1ccc(F)c(C(=O)N2CCC(C)(C)CC2)c1. The topological polar surface area (TPSA) is 20.3 Å². The first-order valence-corrected chi connectivity index (χ1v) is 6.44. The highest BCUT2D eigenvalue weighted by atomic mass is 19.1. The van der Waals surface area contributed by atoms with E-state index in [1.54, 1.807) is 17.0 Å². The number of carbonyl (C=O) groups is 1. The molecule has 3 heteroatoms. The van der Waals surface area contributed by atoms with Crippen molar-refractivity contribution in [2.24, 2.45) is 5.41 Å². The van der Waals surface area contributed by atoms with Crippen molar-refractivity contribution in [3.63, 3.8) is 0 Å². The molecule has 98 valence electrons. The minimum atomic E-state index is -0.421. The Hall–Kier alpha value is -1.38. The van der Waals surface area contributed by atoms with E-state index in [0.717, 1.165) is 31.5 Å². The number of piperidine rings is 1. The maximum atomic E-state index is 13.7. The molecule has 2 nitrogen and oxygen atoms in total. The average Bonchev–Trinajstić information content (AvgIpc) is 2.31. The van der Waals surface area contributed by atoms with Gasteiger partial charge in [0.15, 0.2) is 0 Å². The van der Waals surface area contributed by atoms with Gasteiger partial charge in [0, 0.05) is 13.1 Å². The number of hydrogen-bond donors (Lipinski definition) is 0. The molecule has 1 fully saturated rings. The zero-order valence-corrected chi connectivity index (χ0v) is 11.3. The van der Waals surface area contributed by atoms with Crippen molar-refractivity contribution in [3.8, 4) is 0 Å². The van der Waals surface area contributed by atoms with Gasteiger partial charge < -0.3 is 4.90 Å². The number of carbonyl (C=O) groups excluding carboxylic acids is 1. The van der Waals surface area contributed by atoms with E-state index < -0.39 is 5.82 Å². The Kier molecular flexibility index (Phi) is 3.42. The van der Waals surface area contributed by atoms with Gasteiger partial charge in [-0.15, -0.1) is 0 Å². The first kappa shape index (κ1) is 13.1. The predicted molar refractivity (Wildman–Crippen MR) is 70.1 cm³/mol. The fourth-order valence-electron chi connectivity index (χ4n) is 2.29. The molecule has 0 bridgehead atoms. The molecule has 18 heavy (non-hydrogen) atoms. The molecule has 0 saturated carbocycles. The zero-order chi connectivity index (χ0) is 13.3. The van der Waals surface area contributed by atoms with Crippen molar-refractivity contribution in [1.29, 1.82) is 0 Å². The van der Waals surface area contributed by atoms with Gasteiger partial charge in [0.05, 0.1) is 5.56 Å². The number of benzene rings is 1. The van der Waals surface area contributed by atoms with Crippen LogP contribution in [-0.2, 0) is 0 Å². The Bertz CT molecular complexity index is 458. The second kappa shape index (κ2) is 4.71. The summed E-state index contributed by atoms with van der Waals surface area (Å²) in [6.07, 6.45) is 1.96. The highest BCUT2D eigenvalue weighted by molar-refractivity contribution is 5.94. The van der Waals surface area contributed by atoms with Crippen LogP contribution in [0.5, 0.6) is 0 Å². The second-order valence-corrected chi connectivity index (χ2v) is 5.94. The molecule has 1 amide bonds. The summed E-state index contributed by atoms with van der Waals surface area (Å²) >= 11 is 0. The van der Waals surface area contributed by atoms with E-state index in [0.29, 0.717) is 5.41 Å². The van der Waals surface area contributed by atoms with E-state index in [4.69, 9.17) is 0 Å². The van der Waals surface area contributed by atoms with Crippen LogP contribution in [0.4, 0.5) is 4.39 Å². The Balaban J connectivity index is 2.15. The van der Waals surface area contributed by atoms with Crippen LogP contribution in [0.2, 0.25) is 0 Å². The molecule has 0 aliphatic carbocycles. The molecule has 0 aromatic heterocycles. The largest absolute Gasteiger partial charge is 0.339 e. The Labute approximate surface area is 108 Å². The lowest BCUT2D eigenvalue weighted by molar-refractivity contribution is 0.0625. The van der Waals surface area contributed by atoms with Crippen molar-refractivity contribution in [2.75, 3.05) is 13.1 Å². The van der Waals surface area contributed by atoms with Crippen LogP contribution in [0, 0.1) is 18.2 Å². The first-order chi connectivity index (χ1) is 8.39. The standard InChI is InChI=1S/C15H20FNO/c1-11-4-5-13(16)12(10-11)14(18)17-8-6-15(2,3)7-9-17/h4-5,10H,6-9H2,1-3H3.